The van der Waals surface area contributed by atoms with Crippen molar-refractivity contribution in [2.45, 2.75) is 303 Å². The molecule has 9 nitrogen and oxygen atoms in total. The fraction of sp³-hybridized carbons (Fsp3) is 0.746. The summed E-state index contributed by atoms with van der Waals surface area (Å²) >= 11 is 0. The number of likely N-dealkylation sites (N-methyl/N-ethyl adjacent to an activating group) is 1. The molecule has 468 valence electrons. The number of rotatable bonds is 60. The summed E-state index contributed by atoms with van der Waals surface area (Å²) in [5.74, 6) is -0.521. The normalized spacial score (nSPS) is 14.2. The number of amides is 1. The SMILES string of the molecule is CC/C=C\C/C=C\C/C=C\C/C=C\C/C=C\CCCCCCCCCC(=O)OC(/C=C/CCCCCCCCCCCCC)C(COP(=O)(O)OCC[N+](C)(C)C)NC(=O)CCCCCCCCCCC/C=C\C/C=C\CCCCC. The van der Waals surface area contributed by atoms with Gasteiger partial charge in [-0.2, -0.15) is 0 Å². The van der Waals surface area contributed by atoms with Crippen molar-refractivity contribution in [3.8, 4) is 0 Å². The van der Waals surface area contributed by atoms with E-state index in [0.717, 1.165) is 122 Å². The highest BCUT2D eigenvalue weighted by atomic mass is 31.2. The van der Waals surface area contributed by atoms with Crippen LogP contribution in [-0.2, 0) is 27.9 Å². The summed E-state index contributed by atoms with van der Waals surface area (Å²) in [5, 5.41) is 3.06. The molecule has 0 saturated carbocycles. The lowest BCUT2D eigenvalue weighted by Crippen LogP contribution is -2.47. The molecule has 0 fully saturated rings. The molecule has 10 heteroatoms. The predicted molar refractivity (Wildman–Crippen MR) is 350 cm³/mol. The van der Waals surface area contributed by atoms with Crippen LogP contribution in [0, 0.1) is 0 Å². The Labute approximate surface area is 500 Å². The van der Waals surface area contributed by atoms with Crippen LogP contribution in [0.15, 0.2) is 97.2 Å². The second-order valence-electron chi connectivity index (χ2n) is 23.6. The van der Waals surface area contributed by atoms with E-state index >= 15 is 0 Å². The van der Waals surface area contributed by atoms with E-state index in [2.05, 4.69) is 111 Å². The quantitative estimate of drug-likeness (QED) is 0.0205. The maximum Gasteiger partial charge on any atom is 0.472 e. The summed E-state index contributed by atoms with van der Waals surface area (Å²) in [6.07, 6.45) is 81.1. The Morgan fingerprint density at radius 2 is 0.790 bits per heavy atom. The summed E-state index contributed by atoms with van der Waals surface area (Å²) in [6.45, 7) is 6.88. The third kappa shape index (κ3) is 61.3. The molecule has 0 bridgehead atoms. The largest absolute Gasteiger partial charge is 0.472 e. The first kappa shape index (κ1) is 77.9. The maximum absolute atomic E-state index is 13.6. The van der Waals surface area contributed by atoms with Gasteiger partial charge in [0.15, 0.2) is 0 Å². The number of unbranched alkanes of at least 4 members (excludes halogenated alkanes) is 30. The Hall–Kier alpha value is -3.07. The van der Waals surface area contributed by atoms with Gasteiger partial charge in [0, 0.05) is 12.8 Å². The third-order valence-electron chi connectivity index (χ3n) is 14.5. The zero-order valence-electron chi connectivity index (χ0n) is 53.5. The van der Waals surface area contributed by atoms with Gasteiger partial charge in [-0.25, -0.2) is 4.57 Å². The summed E-state index contributed by atoms with van der Waals surface area (Å²) < 4.78 is 30.8. The van der Waals surface area contributed by atoms with Gasteiger partial charge in [0.2, 0.25) is 5.91 Å². The van der Waals surface area contributed by atoms with Gasteiger partial charge in [-0.15, -0.1) is 0 Å². The number of hydrogen-bond acceptors (Lipinski definition) is 6. The van der Waals surface area contributed by atoms with Crippen LogP contribution in [-0.4, -0.2) is 74.3 Å². The zero-order valence-corrected chi connectivity index (χ0v) is 54.4. The zero-order chi connectivity index (χ0) is 59.3. The average molecular weight is 1150 g/mol. The Kier molecular flexibility index (Phi) is 57.8. The standard InChI is InChI=1S/C71H127N2O7P/c1-7-10-13-16-19-22-25-28-30-32-34-35-36-37-39-41-43-46-49-52-55-58-61-64-71(75)80-69(62-59-56-53-50-47-44-27-24-21-18-15-12-9-3)68(67-79-81(76,77)78-66-65-73(4,5)6)72-70(74)63-60-57-54-51-48-45-42-40-38-33-31-29-26-23-20-17-14-11-8-2/h10,13,19-20,22-23,28-31,34-35,37,39,59,62,68-69H,7-9,11-12,14-18,21,24-27,32-33,36,38,40-58,60-61,63-67H2,1-6H3,(H-,72,74,76,77)/p+1/b13-10-,22-19-,23-20-,30-28-,31-29-,35-34-,39-37-,62-59+. The fourth-order valence-corrected chi connectivity index (χ4v) is 10.1. The van der Waals surface area contributed by atoms with Crippen molar-refractivity contribution in [1.29, 1.82) is 0 Å². The highest BCUT2D eigenvalue weighted by Gasteiger charge is 2.30. The Balaban J connectivity index is 5.23. The van der Waals surface area contributed by atoms with Gasteiger partial charge in [0.1, 0.15) is 19.3 Å². The van der Waals surface area contributed by atoms with Gasteiger partial charge < -0.3 is 19.4 Å². The van der Waals surface area contributed by atoms with E-state index in [1.165, 1.54) is 135 Å². The highest BCUT2D eigenvalue weighted by molar-refractivity contribution is 7.47. The lowest BCUT2D eigenvalue weighted by Gasteiger charge is -2.27. The van der Waals surface area contributed by atoms with E-state index < -0.39 is 20.0 Å². The van der Waals surface area contributed by atoms with Crippen LogP contribution in [0.3, 0.4) is 0 Å². The van der Waals surface area contributed by atoms with Crippen LogP contribution in [0.4, 0.5) is 0 Å². The number of nitrogens with zero attached hydrogens (tertiary/aromatic N) is 1. The van der Waals surface area contributed by atoms with Crippen molar-refractivity contribution in [3.63, 3.8) is 0 Å². The molecule has 2 N–H and O–H groups in total. The highest BCUT2D eigenvalue weighted by Crippen LogP contribution is 2.43. The first-order valence-electron chi connectivity index (χ1n) is 33.6. The Morgan fingerprint density at radius 3 is 1.21 bits per heavy atom. The number of carbonyl (C=O) groups is 2. The predicted octanol–water partition coefficient (Wildman–Crippen LogP) is 21.1. The smallest absolute Gasteiger partial charge is 0.456 e. The summed E-state index contributed by atoms with van der Waals surface area (Å²) in [6, 6.07) is -0.861. The van der Waals surface area contributed by atoms with Crippen LogP contribution in [0.25, 0.3) is 0 Å². The van der Waals surface area contributed by atoms with Crippen molar-refractivity contribution in [3.05, 3.63) is 97.2 Å². The van der Waals surface area contributed by atoms with Crippen LogP contribution in [0.2, 0.25) is 0 Å². The molecule has 81 heavy (non-hydrogen) atoms. The number of quaternary nitrogens is 1. The lowest BCUT2D eigenvalue weighted by molar-refractivity contribution is -0.870. The molecule has 0 spiro atoms. The van der Waals surface area contributed by atoms with Crippen LogP contribution in [0.5, 0.6) is 0 Å². The molecule has 0 aliphatic rings. The first-order valence-corrected chi connectivity index (χ1v) is 35.1. The van der Waals surface area contributed by atoms with Crippen LogP contribution >= 0.6 is 7.82 Å². The summed E-state index contributed by atoms with van der Waals surface area (Å²) in [4.78, 5) is 37.9. The molecule has 3 atom stereocenters. The van der Waals surface area contributed by atoms with Gasteiger partial charge in [-0.1, -0.05) is 266 Å². The molecule has 0 aliphatic carbocycles. The fourth-order valence-electron chi connectivity index (χ4n) is 9.35. The second-order valence-corrected chi connectivity index (χ2v) is 25.1. The summed E-state index contributed by atoms with van der Waals surface area (Å²) in [7, 11) is 1.48. The van der Waals surface area contributed by atoms with Gasteiger partial charge in [-0.3, -0.25) is 18.6 Å². The van der Waals surface area contributed by atoms with E-state index in [1.54, 1.807) is 0 Å². The molecule has 0 aromatic heterocycles. The Morgan fingerprint density at radius 1 is 0.444 bits per heavy atom. The van der Waals surface area contributed by atoms with Crippen LogP contribution < -0.4 is 5.32 Å². The Bertz CT molecular complexity index is 1710. The maximum atomic E-state index is 13.6. The minimum Gasteiger partial charge on any atom is -0.456 e. The molecular weight excluding hydrogens is 1020 g/mol. The van der Waals surface area contributed by atoms with Crippen molar-refractivity contribution in [1.82, 2.24) is 5.32 Å². The summed E-state index contributed by atoms with van der Waals surface area (Å²) in [5.41, 5.74) is 0. The van der Waals surface area contributed by atoms with Crippen LogP contribution in [0.1, 0.15) is 290 Å². The first-order chi connectivity index (χ1) is 39.4. The lowest BCUT2D eigenvalue weighted by atomic mass is 10.0. The van der Waals surface area contributed by atoms with Crippen molar-refractivity contribution >= 4 is 19.7 Å². The minimum absolute atomic E-state index is 0.0336. The van der Waals surface area contributed by atoms with Gasteiger partial charge in [0.25, 0.3) is 0 Å². The molecular formula is C71H128N2O7P+. The number of phosphoric acid groups is 1. The van der Waals surface area contributed by atoms with E-state index in [0.29, 0.717) is 17.4 Å². The monoisotopic (exact) mass is 1150 g/mol. The number of ether oxygens (including phenoxy) is 1. The van der Waals surface area contributed by atoms with Crippen molar-refractivity contribution < 1.29 is 37.3 Å². The van der Waals surface area contributed by atoms with Gasteiger partial charge >= 0.3 is 13.8 Å². The van der Waals surface area contributed by atoms with E-state index in [9.17, 15) is 19.0 Å². The number of allylic oxidation sites excluding steroid dienone is 15. The van der Waals surface area contributed by atoms with E-state index in [4.69, 9.17) is 13.8 Å². The van der Waals surface area contributed by atoms with Crippen molar-refractivity contribution in [2.24, 2.45) is 0 Å². The van der Waals surface area contributed by atoms with Crippen molar-refractivity contribution in [2.75, 3.05) is 40.9 Å². The molecule has 0 aromatic carbocycles. The van der Waals surface area contributed by atoms with E-state index in [1.807, 2.05) is 33.3 Å². The molecule has 0 saturated heterocycles. The number of esters is 1. The number of carbonyl (C=O) groups excluding carboxylic acids is 2. The number of hydrogen-bond donors (Lipinski definition) is 2. The topological polar surface area (TPSA) is 111 Å². The molecule has 0 heterocycles. The average Bonchev–Trinajstić information content (AvgIpc) is 3.44. The van der Waals surface area contributed by atoms with Gasteiger partial charge in [-0.05, 0) is 109 Å². The second kappa shape index (κ2) is 60.1. The van der Waals surface area contributed by atoms with E-state index in [-0.39, 0.29) is 31.5 Å². The molecule has 0 aliphatic heterocycles. The molecule has 1 amide bonds. The minimum atomic E-state index is -4.46. The molecule has 0 rings (SSSR count). The number of phosphoric ester groups is 1. The van der Waals surface area contributed by atoms with Gasteiger partial charge in [0.05, 0.1) is 33.8 Å². The molecule has 3 unspecified atom stereocenters. The number of nitrogens with one attached hydrogen (secondary N) is 1. The molecule has 0 aromatic rings. The molecule has 0 radical (unpaired) electrons. The third-order valence-corrected chi connectivity index (χ3v) is 15.5.